The van der Waals surface area contributed by atoms with Crippen LogP contribution in [0.2, 0.25) is 0 Å². The van der Waals surface area contributed by atoms with E-state index in [1.165, 1.54) is 6.92 Å². The normalized spacial score (nSPS) is 14.9. The van der Waals surface area contributed by atoms with Gasteiger partial charge in [0.15, 0.2) is 6.29 Å². The maximum Gasteiger partial charge on any atom is 0.151 e. The largest absolute Gasteiger partial charge is 0.382 e. The summed E-state index contributed by atoms with van der Waals surface area (Å²) < 4.78 is 0.997. The van der Waals surface area contributed by atoms with Gasteiger partial charge in [-0.2, -0.15) is 0 Å². The first kappa shape index (κ1) is 11.4. The van der Waals surface area contributed by atoms with Crippen molar-refractivity contribution in [1.82, 2.24) is 0 Å². The molecule has 1 atom stereocenters. The van der Waals surface area contributed by atoms with Crippen molar-refractivity contribution < 1.29 is 9.90 Å². The van der Waals surface area contributed by atoms with E-state index in [2.05, 4.69) is 15.9 Å². The molecule has 0 saturated heterocycles. The Bertz CT molecular complexity index is 345. The first-order valence-electron chi connectivity index (χ1n) is 4.38. The molecule has 2 nitrogen and oxygen atoms in total. The topological polar surface area (TPSA) is 37.3 Å². The van der Waals surface area contributed by atoms with Crippen molar-refractivity contribution in [3.05, 3.63) is 33.8 Å². The van der Waals surface area contributed by atoms with Crippen LogP contribution in [0.5, 0.6) is 0 Å². The molecule has 0 aliphatic carbocycles. The molecule has 0 radical (unpaired) electrons. The number of hydrogen-bond acceptors (Lipinski definition) is 2. The van der Waals surface area contributed by atoms with Gasteiger partial charge >= 0.3 is 0 Å². The van der Waals surface area contributed by atoms with Crippen LogP contribution < -0.4 is 0 Å². The average molecular weight is 257 g/mol. The number of carbonyl (C=O) groups excluding carboxylic acids is 1. The molecule has 1 rings (SSSR count). The summed E-state index contributed by atoms with van der Waals surface area (Å²) in [6, 6.07) is 5.80. The van der Waals surface area contributed by atoms with Crippen LogP contribution in [0.3, 0.4) is 0 Å². The molecule has 0 amide bonds. The molecule has 1 aromatic rings. The summed E-state index contributed by atoms with van der Waals surface area (Å²) in [6.07, 6.45) is 0.913. The molecular weight excluding hydrogens is 244 g/mol. The molecule has 0 bridgehead atoms. The van der Waals surface area contributed by atoms with Gasteiger partial charge in [-0.25, -0.2) is 0 Å². The first-order chi connectivity index (χ1) is 6.44. The first-order valence-corrected chi connectivity index (χ1v) is 5.18. The SMILES string of the molecule is Cc1ccc(CC(C)(O)C=O)cc1Br. The summed E-state index contributed by atoms with van der Waals surface area (Å²) in [7, 11) is 0. The lowest BCUT2D eigenvalue weighted by Gasteiger charge is -2.15. The van der Waals surface area contributed by atoms with E-state index in [0.29, 0.717) is 12.7 Å². The average Bonchev–Trinajstić information content (AvgIpc) is 2.11. The van der Waals surface area contributed by atoms with Crippen molar-refractivity contribution >= 4 is 22.2 Å². The molecule has 3 heteroatoms. The van der Waals surface area contributed by atoms with Crippen LogP contribution in [0.25, 0.3) is 0 Å². The Hall–Kier alpha value is -0.670. The third-order valence-corrected chi connectivity index (χ3v) is 2.91. The Labute approximate surface area is 92.1 Å². The van der Waals surface area contributed by atoms with Crippen molar-refractivity contribution in [2.24, 2.45) is 0 Å². The zero-order chi connectivity index (χ0) is 10.8. The van der Waals surface area contributed by atoms with Crippen molar-refractivity contribution in [1.29, 1.82) is 0 Å². The number of carbonyl (C=O) groups is 1. The Morgan fingerprint density at radius 2 is 2.21 bits per heavy atom. The molecule has 1 unspecified atom stereocenters. The lowest BCUT2D eigenvalue weighted by Crippen LogP contribution is -2.28. The van der Waals surface area contributed by atoms with Gasteiger partial charge in [-0.3, -0.25) is 0 Å². The van der Waals surface area contributed by atoms with Gasteiger partial charge < -0.3 is 9.90 Å². The van der Waals surface area contributed by atoms with E-state index in [1.54, 1.807) is 0 Å². The summed E-state index contributed by atoms with van der Waals surface area (Å²) >= 11 is 3.41. The van der Waals surface area contributed by atoms with E-state index in [4.69, 9.17) is 0 Å². The number of aldehydes is 1. The van der Waals surface area contributed by atoms with Gasteiger partial charge in [-0.05, 0) is 31.0 Å². The van der Waals surface area contributed by atoms with Gasteiger partial charge in [0.25, 0.3) is 0 Å². The highest BCUT2D eigenvalue weighted by Gasteiger charge is 2.19. The second-order valence-corrected chi connectivity index (χ2v) is 4.59. The summed E-state index contributed by atoms with van der Waals surface area (Å²) in [5.41, 5.74) is 0.813. The molecule has 0 saturated carbocycles. The van der Waals surface area contributed by atoms with E-state index in [-0.39, 0.29) is 0 Å². The minimum Gasteiger partial charge on any atom is -0.382 e. The molecule has 0 aliphatic rings. The summed E-state index contributed by atoms with van der Waals surface area (Å²) in [5, 5.41) is 9.55. The zero-order valence-electron chi connectivity index (χ0n) is 8.25. The summed E-state index contributed by atoms with van der Waals surface area (Å²) in [6.45, 7) is 3.50. The minimum atomic E-state index is -1.27. The van der Waals surface area contributed by atoms with E-state index < -0.39 is 5.60 Å². The van der Waals surface area contributed by atoms with Crippen LogP contribution in [0, 0.1) is 6.92 Å². The zero-order valence-corrected chi connectivity index (χ0v) is 9.84. The monoisotopic (exact) mass is 256 g/mol. The maximum absolute atomic E-state index is 10.5. The lowest BCUT2D eigenvalue weighted by atomic mass is 9.97. The number of rotatable bonds is 3. The Balaban J connectivity index is 2.88. The van der Waals surface area contributed by atoms with Crippen LogP contribution in [0.4, 0.5) is 0 Å². The van der Waals surface area contributed by atoms with Crippen molar-refractivity contribution in [3.8, 4) is 0 Å². The van der Waals surface area contributed by atoms with E-state index in [9.17, 15) is 9.90 Å². The highest BCUT2D eigenvalue weighted by molar-refractivity contribution is 9.10. The molecule has 0 spiro atoms. The fourth-order valence-electron chi connectivity index (χ4n) is 1.20. The van der Waals surface area contributed by atoms with Crippen molar-refractivity contribution in [3.63, 3.8) is 0 Å². The molecule has 14 heavy (non-hydrogen) atoms. The highest BCUT2D eigenvalue weighted by atomic mass is 79.9. The number of aliphatic hydroxyl groups is 1. The fourth-order valence-corrected chi connectivity index (χ4v) is 1.63. The van der Waals surface area contributed by atoms with Gasteiger partial charge in [-0.15, -0.1) is 0 Å². The van der Waals surface area contributed by atoms with E-state index in [0.717, 1.165) is 15.6 Å². The van der Waals surface area contributed by atoms with Gasteiger partial charge in [-0.1, -0.05) is 28.1 Å². The molecule has 0 fully saturated rings. The van der Waals surface area contributed by atoms with Crippen LogP contribution in [-0.2, 0) is 11.2 Å². The Kier molecular flexibility index (Phi) is 3.45. The molecular formula is C11H13BrO2. The van der Waals surface area contributed by atoms with E-state index >= 15 is 0 Å². The van der Waals surface area contributed by atoms with Crippen molar-refractivity contribution in [2.75, 3.05) is 0 Å². The third-order valence-electron chi connectivity index (χ3n) is 2.05. The molecule has 76 valence electrons. The smallest absolute Gasteiger partial charge is 0.151 e. The molecule has 0 heterocycles. The highest BCUT2D eigenvalue weighted by Crippen LogP contribution is 2.20. The summed E-state index contributed by atoms with van der Waals surface area (Å²) in [5.74, 6) is 0. The molecule has 0 aromatic heterocycles. The lowest BCUT2D eigenvalue weighted by molar-refractivity contribution is -0.122. The third kappa shape index (κ3) is 2.93. The number of hydrogen-bond donors (Lipinski definition) is 1. The number of aryl methyl sites for hydroxylation is 1. The fraction of sp³-hybridized carbons (Fsp3) is 0.364. The quantitative estimate of drug-likeness (QED) is 0.843. The van der Waals surface area contributed by atoms with Crippen molar-refractivity contribution in [2.45, 2.75) is 25.9 Å². The van der Waals surface area contributed by atoms with Gasteiger partial charge in [0.1, 0.15) is 5.60 Å². The predicted molar refractivity (Wildman–Crippen MR) is 59.3 cm³/mol. The van der Waals surface area contributed by atoms with Gasteiger partial charge in [0.05, 0.1) is 0 Å². The predicted octanol–water partition coefficient (Wildman–Crippen LogP) is 2.25. The van der Waals surface area contributed by atoms with Gasteiger partial charge in [0, 0.05) is 10.9 Å². The Morgan fingerprint density at radius 3 is 2.71 bits per heavy atom. The van der Waals surface area contributed by atoms with Gasteiger partial charge in [0.2, 0.25) is 0 Å². The second-order valence-electron chi connectivity index (χ2n) is 3.74. The number of benzene rings is 1. The van der Waals surface area contributed by atoms with E-state index in [1.807, 2.05) is 25.1 Å². The van der Waals surface area contributed by atoms with Crippen LogP contribution in [-0.4, -0.2) is 17.0 Å². The van der Waals surface area contributed by atoms with Crippen LogP contribution in [0.15, 0.2) is 22.7 Å². The molecule has 0 aliphatic heterocycles. The summed E-state index contributed by atoms with van der Waals surface area (Å²) in [4.78, 5) is 10.5. The maximum atomic E-state index is 10.5. The standard InChI is InChI=1S/C11H13BrO2/c1-8-3-4-9(5-10(8)12)6-11(2,14)7-13/h3-5,7,14H,6H2,1-2H3. The molecule has 1 aromatic carbocycles. The molecule has 1 N–H and O–H groups in total. The van der Waals surface area contributed by atoms with Crippen LogP contribution >= 0.6 is 15.9 Å². The van der Waals surface area contributed by atoms with Crippen LogP contribution in [0.1, 0.15) is 18.1 Å². The number of halogens is 1. The minimum absolute atomic E-state index is 0.343. The second kappa shape index (κ2) is 4.24. The Morgan fingerprint density at radius 1 is 1.57 bits per heavy atom.